The molecule has 0 bridgehead atoms. The lowest BCUT2D eigenvalue weighted by molar-refractivity contribution is 1.11. The molecule has 0 aliphatic carbocycles. The highest BCUT2D eigenvalue weighted by Crippen LogP contribution is 2.27. The fourth-order valence-corrected chi connectivity index (χ4v) is 2.36. The van der Waals surface area contributed by atoms with E-state index in [0.29, 0.717) is 0 Å². The molecule has 70 valence electrons. The van der Waals surface area contributed by atoms with Gasteiger partial charge in [0.1, 0.15) is 0 Å². The highest BCUT2D eigenvalue weighted by Gasteiger charge is 2.10. The van der Waals surface area contributed by atoms with Crippen molar-refractivity contribution in [2.75, 3.05) is 11.9 Å². The molecule has 0 amide bonds. The molecular weight excluding hydrogens is 192 g/mol. The predicted molar refractivity (Wildman–Crippen MR) is 59.7 cm³/mol. The van der Waals surface area contributed by atoms with E-state index in [1.54, 1.807) is 0 Å². The molecular formula is C11H10N2S. The number of hydrogen-bond acceptors (Lipinski definition) is 3. The maximum Gasteiger partial charge on any atom is 0.0840 e. The zero-order valence-electron chi connectivity index (χ0n) is 7.66. The quantitative estimate of drug-likeness (QED) is 0.769. The van der Waals surface area contributed by atoms with Crippen LogP contribution >= 0.6 is 11.5 Å². The average Bonchev–Trinajstić information content (AvgIpc) is 2.88. The number of rotatable bonds is 1. The Labute approximate surface area is 86.8 Å². The minimum Gasteiger partial charge on any atom is -0.384 e. The standard InChI is InChI=1S/C11H10N2S/c1-2-10-9(3-5-12-10)7-8(1)11-4-6-14-13-11/h1-2,4,6-7,12H,3,5H2. The van der Waals surface area contributed by atoms with E-state index in [0.717, 1.165) is 18.7 Å². The van der Waals surface area contributed by atoms with Gasteiger partial charge in [0.05, 0.1) is 5.69 Å². The third kappa shape index (κ3) is 1.21. The monoisotopic (exact) mass is 202 g/mol. The molecule has 0 saturated heterocycles. The molecule has 0 radical (unpaired) electrons. The Hall–Kier alpha value is -1.35. The molecule has 1 aromatic carbocycles. The zero-order valence-corrected chi connectivity index (χ0v) is 8.47. The van der Waals surface area contributed by atoms with E-state index in [1.807, 2.05) is 5.38 Å². The molecule has 0 fully saturated rings. The van der Waals surface area contributed by atoms with Crippen LogP contribution in [0.1, 0.15) is 5.56 Å². The Bertz CT molecular complexity index is 448. The van der Waals surface area contributed by atoms with E-state index in [2.05, 4.69) is 34.0 Å². The summed E-state index contributed by atoms with van der Waals surface area (Å²) in [5.41, 5.74) is 5.01. The molecule has 2 aromatic rings. The minimum atomic E-state index is 1.07. The number of nitrogens with zero attached hydrogens (tertiary/aromatic N) is 1. The van der Waals surface area contributed by atoms with Gasteiger partial charge in [-0.1, -0.05) is 6.07 Å². The van der Waals surface area contributed by atoms with Crippen molar-refractivity contribution in [2.24, 2.45) is 0 Å². The lowest BCUT2D eigenvalue weighted by Crippen LogP contribution is -1.90. The van der Waals surface area contributed by atoms with Gasteiger partial charge in [-0.25, -0.2) is 0 Å². The van der Waals surface area contributed by atoms with Gasteiger partial charge < -0.3 is 5.32 Å². The largest absolute Gasteiger partial charge is 0.384 e. The van der Waals surface area contributed by atoms with Crippen molar-refractivity contribution < 1.29 is 0 Å². The smallest absolute Gasteiger partial charge is 0.0840 e. The fourth-order valence-electron chi connectivity index (χ4n) is 1.83. The van der Waals surface area contributed by atoms with Crippen molar-refractivity contribution in [2.45, 2.75) is 6.42 Å². The third-order valence-corrected chi connectivity index (χ3v) is 3.11. The van der Waals surface area contributed by atoms with Gasteiger partial charge >= 0.3 is 0 Å². The molecule has 3 rings (SSSR count). The molecule has 0 atom stereocenters. The van der Waals surface area contributed by atoms with Crippen molar-refractivity contribution in [1.82, 2.24) is 4.37 Å². The second-order valence-corrected chi connectivity index (χ2v) is 4.10. The summed E-state index contributed by atoms with van der Waals surface area (Å²) in [6.45, 7) is 1.07. The number of hydrogen-bond donors (Lipinski definition) is 1. The molecule has 3 heteroatoms. The van der Waals surface area contributed by atoms with Gasteiger partial charge in [-0.05, 0) is 41.7 Å². The SMILES string of the molecule is c1cc(-c2ccc3c(c2)CCN3)ns1. The van der Waals surface area contributed by atoms with Gasteiger partial charge in [0, 0.05) is 23.2 Å². The summed E-state index contributed by atoms with van der Waals surface area (Å²) in [7, 11) is 0. The van der Waals surface area contributed by atoms with Crippen molar-refractivity contribution in [3.8, 4) is 11.3 Å². The zero-order chi connectivity index (χ0) is 9.38. The number of nitrogens with one attached hydrogen (secondary N) is 1. The Morgan fingerprint density at radius 3 is 3.14 bits per heavy atom. The van der Waals surface area contributed by atoms with Crippen molar-refractivity contribution in [3.63, 3.8) is 0 Å². The van der Waals surface area contributed by atoms with Crippen LogP contribution in [0.2, 0.25) is 0 Å². The Kier molecular flexibility index (Phi) is 1.77. The van der Waals surface area contributed by atoms with Crippen LogP contribution in [0.5, 0.6) is 0 Å². The molecule has 1 aliphatic rings. The molecule has 1 N–H and O–H groups in total. The molecule has 0 spiro atoms. The molecule has 2 heterocycles. The Morgan fingerprint density at radius 2 is 2.29 bits per heavy atom. The topological polar surface area (TPSA) is 24.9 Å². The van der Waals surface area contributed by atoms with Crippen LogP contribution in [-0.4, -0.2) is 10.9 Å². The number of anilines is 1. The minimum absolute atomic E-state index is 1.07. The molecule has 14 heavy (non-hydrogen) atoms. The summed E-state index contributed by atoms with van der Waals surface area (Å²) in [5.74, 6) is 0. The molecule has 2 nitrogen and oxygen atoms in total. The summed E-state index contributed by atoms with van der Waals surface area (Å²) < 4.78 is 4.33. The molecule has 1 aliphatic heterocycles. The van der Waals surface area contributed by atoms with Gasteiger partial charge in [-0.3, -0.25) is 0 Å². The van der Waals surface area contributed by atoms with Crippen molar-refractivity contribution in [3.05, 3.63) is 35.2 Å². The normalized spacial score (nSPS) is 13.7. The second kappa shape index (κ2) is 3.10. The number of benzene rings is 1. The van der Waals surface area contributed by atoms with Crippen LogP contribution in [0.15, 0.2) is 29.6 Å². The van der Waals surface area contributed by atoms with Gasteiger partial charge in [0.2, 0.25) is 0 Å². The van der Waals surface area contributed by atoms with E-state index < -0.39 is 0 Å². The lowest BCUT2D eigenvalue weighted by Gasteiger charge is -2.01. The maximum atomic E-state index is 4.33. The first-order valence-electron chi connectivity index (χ1n) is 4.71. The maximum absolute atomic E-state index is 4.33. The summed E-state index contributed by atoms with van der Waals surface area (Å²) in [6.07, 6.45) is 1.13. The number of aromatic nitrogens is 1. The number of fused-ring (bicyclic) bond motifs is 1. The third-order valence-electron chi connectivity index (χ3n) is 2.55. The first-order valence-corrected chi connectivity index (χ1v) is 5.55. The van der Waals surface area contributed by atoms with Gasteiger partial charge in [0.25, 0.3) is 0 Å². The Balaban J connectivity index is 2.09. The first-order chi connectivity index (χ1) is 6.93. The molecule has 1 aromatic heterocycles. The average molecular weight is 202 g/mol. The lowest BCUT2D eigenvalue weighted by atomic mass is 10.1. The fraction of sp³-hybridized carbons (Fsp3) is 0.182. The highest BCUT2D eigenvalue weighted by atomic mass is 32.1. The summed E-state index contributed by atoms with van der Waals surface area (Å²) in [4.78, 5) is 0. The van der Waals surface area contributed by atoms with Crippen LogP contribution < -0.4 is 5.32 Å². The van der Waals surface area contributed by atoms with Crippen LogP contribution in [0, 0.1) is 0 Å². The molecule has 0 unspecified atom stereocenters. The highest BCUT2D eigenvalue weighted by molar-refractivity contribution is 7.03. The Morgan fingerprint density at radius 1 is 1.29 bits per heavy atom. The second-order valence-electron chi connectivity index (χ2n) is 3.43. The van der Waals surface area contributed by atoms with Crippen LogP contribution in [-0.2, 0) is 6.42 Å². The van der Waals surface area contributed by atoms with Crippen LogP contribution in [0.3, 0.4) is 0 Å². The van der Waals surface area contributed by atoms with E-state index in [-0.39, 0.29) is 0 Å². The van der Waals surface area contributed by atoms with E-state index in [1.165, 1.54) is 28.3 Å². The van der Waals surface area contributed by atoms with Crippen LogP contribution in [0.4, 0.5) is 5.69 Å². The van der Waals surface area contributed by atoms with Gasteiger partial charge in [0.15, 0.2) is 0 Å². The predicted octanol–water partition coefficient (Wildman–Crippen LogP) is 2.78. The van der Waals surface area contributed by atoms with Crippen LogP contribution in [0.25, 0.3) is 11.3 Å². The summed E-state index contributed by atoms with van der Waals surface area (Å²) >= 11 is 1.50. The van der Waals surface area contributed by atoms with Gasteiger partial charge in [-0.2, -0.15) is 4.37 Å². The van der Waals surface area contributed by atoms with Crippen molar-refractivity contribution in [1.29, 1.82) is 0 Å². The first kappa shape index (κ1) is 8.00. The van der Waals surface area contributed by atoms with E-state index >= 15 is 0 Å². The summed E-state index contributed by atoms with van der Waals surface area (Å²) in [5, 5.41) is 5.37. The van der Waals surface area contributed by atoms with Crippen molar-refractivity contribution >= 4 is 17.2 Å². The van der Waals surface area contributed by atoms with E-state index in [9.17, 15) is 0 Å². The molecule has 0 saturated carbocycles. The van der Waals surface area contributed by atoms with Gasteiger partial charge in [-0.15, -0.1) is 0 Å². The van der Waals surface area contributed by atoms with E-state index in [4.69, 9.17) is 0 Å². The summed E-state index contributed by atoms with van der Waals surface area (Å²) in [6, 6.07) is 8.59.